The number of carbonyl (C=O) groups excluding carboxylic acids is 2. The highest BCUT2D eigenvalue weighted by molar-refractivity contribution is 5.98. The van der Waals surface area contributed by atoms with Crippen LogP contribution in [0.4, 0.5) is 24.8 Å². The fourth-order valence-corrected chi connectivity index (χ4v) is 4.03. The summed E-state index contributed by atoms with van der Waals surface area (Å²) < 4.78 is 44.2. The number of hydrogen-bond donors (Lipinski definition) is 1. The van der Waals surface area contributed by atoms with Gasteiger partial charge in [-0.25, -0.2) is 9.97 Å². The van der Waals surface area contributed by atoms with Gasteiger partial charge in [0, 0.05) is 43.4 Å². The minimum atomic E-state index is -4.50. The molecule has 4 rings (SSSR count). The van der Waals surface area contributed by atoms with E-state index in [0.717, 1.165) is 37.9 Å². The van der Waals surface area contributed by atoms with E-state index in [0.29, 0.717) is 30.3 Å². The van der Waals surface area contributed by atoms with Crippen molar-refractivity contribution in [1.82, 2.24) is 9.97 Å². The molecule has 2 aliphatic rings. The number of piperidine rings is 1. The number of alkyl halides is 3. The summed E-state index contributed by atoms with van der Waals surface area (Å²) in [5.74, 6) is 0.666. The molecular formula is C23H25F3N4O3. The maximum atomic E-state index is 13.0. The van der Waals surface area contributed by atoms with Gasteiger partial charge in [0.2, 0.25) is 5.91 Å². The number of carbonyl (C=O) groups is 2. The molecule has 0 radical (unpaired) electrons. The molecule has 1 saturated heterocycles. The molecule has 2 aromatic heterocycles. The molecule has 0 unspecified atom stereocenters. The van der Waals surface area contributed by atoms with Crippen molar-refractivity contribution in [2.24, 2.45) is 11.8 Å². The molecule has 0 spiro atoms. The molecule has 0 bridgehead atoms. The van der Waals surface area contributed by atoms with Gasteiger partial charge in [-0.2, -0.15) is 13.2 Å². The summed E-state index contributed by atoms with van der Waals surface area (Å²) in [5, 5.41) is 2.75. The Morgan fingerprint density at radius 1 is 1.21 bits per heavy atom. The van der Waals surface area contributed by atoms with Gasteiger partial charge in [-0.3, -0.25) is 9.59 Å². The van der Waals surface area contributed by atoms with Gasteiger partial charge in [-0.1, -0.05) is 0 Å². The van der Waals surface area contributed by atoms with E-state index in [1.807, 2.05) is 4.90 Å². The Kier molecular flexibility index (Phi) is 6.53. The largest absolute Gasteiger partial charge is 0.493 e. The Balaban J connectivity index is 1.42. The molecule has 2 aromatic rings. The number of ketones is 1. The number of methoxy groups -OCH3 is 1. The predicted octanol–water partition coefficient (Wildman–Crippen LogP) is 4.34. The normalized spacial score (nSPS) is 18.7. The summed E-state index contributed by atoms with van der Waals surface area (Å²) in [4.78, 5) is 34.9. The van der Waals surface area contributed by atoms with Crippen LogP contribution in [-0.2, 0) is 11.0 Å². The number of amides is 1. The van der Waals surface area contributed by atoms with E-state index in [9.17, 15) is 22.8 Å². The van der Waals surface area contributed by atoms with E-state index in [4.69, 9.17) is 4.74 Å². The number of ether oxygens (including phenoxy) is 1. The number of rotatable bonds is 7. The van der Waals surface area contributed by atoms with E-state index >= 15 is 0 Å². The van der Waals surface area contributed by atoms with Crippen molar-refractivity contribution in [2.45, 2.75) is 38.3 Å². The van der Waals surface area contributed by atoms with Crippen LogP contribution in [-0.4, -0.2) is 41.9 Å². The van der Waals surface area contributed by atoms with Gasteiger partial charge in [0.1, 0.15) is 5.82 Å². The smallest absolute Gasteiger partial charge is 0.418 e. The first-order valence-corrected chi connectivity index (χ1v) is 10.9. The average Bonchev–Trinajstić information content (AvgIpc) is 3.64. The van der Waals surface area contributed by atoms with Crippen molar-refractivity contribution in [3.05, 3.63) is 41.7 Å². The standard InChI is InChI=1S/C23H25F3N4O3/c1-33-19-11-17(23(24,25)26)12-28-21(19)30-8-2-3-14(13-30)9-18(31)16-6-7-27-20(10-16)29-22(32)15-4-5-15/h6-7,10-12,14-15H,2-5,8-9,13H2,1H3,(H,27,29,32)/t14-/m0/s1. The lowest BCUT2D eigenvalue weighted by Crippen LogP contribution is -2.37. The molecule has 1 amide bonds. The Labute approximate surface area is 189 Å². The molecule has 3 heterocycles. The first-order valence-electron chi connectivity index (χ1n) is 10.9. The predicted molar refractivity (Wildman–Crippen MR) is 115 cm³/mol. The number of hydrogen-bond acceptors (Lipinski definition) is 6. The molecule has 10 heteroatoms. The highest BCUT2D eigenvalue weighted by atomic mass is 19.4. The van der Waals surface area contributed by atoms with Gasteiger partial charge in [-0.05, 0) is 49.8 Å². The zero-order valence-corrected chi connectivity index (χ0v) is 18.2. The molecular weight excluding hydrogens is 437 g/mol. The number of nitrogens with one attached hydrogen (secondary N) is 1. The number of halogens is 3. The van der Waals surface area contributed by atoms with Crippen molar-refractivity contribution in [3.63, 3.8) is 0 Å². The molecule has 1 atom stereocenters. The van der Waals surface area contributed by atoms with E-state index < -0.39 is 11.7 Å². The van der Waals surface area contributed by atoms with Crippen LogP contribution >= 0.6 is 0 Å². The minimum absolute atomic E-state index is 0.0118. The summed E-state index contributed by atoms with van der Waals surface area (Å²) in [6, 6.07) is 4.16. The van der Waals surface area contributed by atoms with Gasteiger partial charge >= 0.3 is 6.18 Å². The third-order valence-electron chi connectivity index (χ3n) is 5.95. The SMILES string of the molecule is COc1cc(C(F)(F)F)cnc1N1CCC[C@@H](CC(=O)c2ccnc(NC(=O)C3CC3)c2)C1. The Morgan fingerprint density at radius 2 is 2.00 bits per heavy atom. The van der Waals surface area contributed by atoms with Crippen molar-refractivity contribution in [3.8, 4) is 5.75 Å². The third-order valence-corrected chi connectivity index (χ3v) is 5.95. The maximum Gasteiger partial charge on any atom is 0.418 e. The van der Waals surface area contributed by atoms with Crippen LogP contribution in [0.25, 0.3) is 0 Å². The summed E-state index contributed by atoms with van der Waals surface area (Å²) >= 11 is 0. The van der Waals surface area contributed by atoms with Gasteiger partial charge in [-0.15, -0.1) is 0 Å². The fraction of sp³-hybridized carbons (Fsp3) is 0.478. The van der Waals surface area contributed by atoms with Gasteiger partial charge in [0.05, 0.1) is 12.7 Å². The van der Waals surface area contributed by atoms with Crippen molar-refractivity contribution in [2.75, 3.05) is 30.4 Å². The van der Waals surface area contributed by atoms with E-state index in [2.05, 4.69) is 15.3 Å². The van der Waals surface area contributed by atoms with E-state index in [1.54, 1.807) is 12.1 Å². The molecule has 1 aliphatic heterocycles. The molecule has 2 fully saturated rings. The third kappa shape index (κ3) is 5.61. The number of anilines is 2. The van der Waals surface area contributed by atoms with Crippen molar-refractivity contribution in [1.29, 1.82) is 0 Å². The second-order valence-corrected chi connectivity index (χ2v) is 8.52. The quantitative estimate of drug-likeness (QED) is 0.617. The number of pyridine rings is 2. The summed E-state index contributed by atoms with van der Waals surface area (Å²) in [7, 11) is 1.31. The number of nitrogens with zero attached hydrogens (tertiary/aromatic N) is 3. The van der Waals surface area contributed by atoms with Crippen LogP contribution in [0.15, 0.2) is 30.6 Å². The Bertz CT molecular complexity index is 1040. The van der Waals surface area contributed by atoms with Crippen LogP contribution in [0.1, 0.15) is 48.0 Å². The van der Waals surface area contributed by atoms with Crippen LogP contribution in [0.5, 0.6) is 5.75 Å². The molecule has 33 heavy (non-hydrogen) atoms. The first kappa shape index (κ1) is 23.0. The second kappa shape index (κ2) is 9.36. The van der Waals surface area contributed by atoms with Crippen molar-refractivity contribution >= 4 is 23.3 Å². The van der Waals surface area contributed by atoms with Gasteiger partial charge in [0.15, 0.2) is 17.4 Å². The van der Waals surface area contributed by atoms with E-state index in [-0.39, 0.29) is 35.7 Å². The molecule has 1 N–H and O–H groups in total. The molecule has 1 aliphatic carbocycles. The van der Waals surface area contributed by atoms with Crippen LogP contribution in [0.2, 0.25) is 0 Å². The van der Waals surface area contributed by atoms with Crippen LogP contribution < -0.4 is 15.0 Å². The second-order valence-electron chi connectivity index (χ2n) is 8.52. The number of Topliss-reactive ketones (excluding diaryl/α,β-unsaturated/α-hetero) is 1. The lowest BCUT2D eigenvalue weighted by atomic mass is 9.91. The summed E-state index contributed by atoms with van der Waals surface area (Å²) in [6.07, 6.45) is 1.43. The maximum absolute atomic E-state index is 13.0. The zero-order chi connectivity index (χ0) is 23.6. The van der Waals surface area contributed by atoms with Gasteiger partial charge < -0.3 is 15.0 Å². The van der Waals surface area contributed by atoms with Crippen LogP contribution in [0.3, 0.4) is 0 Å². The monoisotopic (exact) mass is 462 g/mol. The molecule has 0 aromatic carbocycles. The van der Waals surface area contributed by atoms with Crippen LogP contribution in [0, 0.1) is 11.8 Å². The molecule has 7 nitrogen and oxygen atoms in total. The highest BCUT2D eigenvalue weighted by Gasteiger charge is 2.33. The highest BCUT2D eigenvalue weighted by Crippen LogP contribution is 2.36. The van der Waals surface area contributed by atoms with E-state index in [1.165, 1.54) is 13.3 Å². The summed E-state index contributed by atoms with van der Waals surface area (Å²) in [5.41, 5.74) is -0.396. The average molecular weight is 462 g/mol. The Morgan fingerprint density at radius 3 is 2.70 bits per heavy atom. The number of aromatic nitrogens is 2. The Hall–Kier alpha value is -3.17. The lowest BCUT2D eigenvalue weighted by molar-refractivity contribution is -0.137. The zero-order valence-electron chi connectivity index (χ0n) is 18.2. The topological polar surface area (TPSA) is 84.4 Å². The molecule has 176 valence electrons. The van der Waals surface area contributed by atoms with Crippen molar-refractivity contribution < 1.29 is 27.5 Å². The van der Waals surface area contributed by atoms with Gasteiger partial charge in [0.25, 0.3) is 0 Å². The summed E-state index contributed by atoms with van der Waals surface area (Å²) in [6.45, 7) is 1.10. The molecule has 1 saturated carbocycles. The first-order chi connectivity index (χ1) is 15.7. The fourth-order valence-electron chi connectivity index (χ4n) is 4.03. The lowest BCUT2D eigenvalue weighted by Gasteiger charge is -2.34. The minimum Gasteiger partial charge on any atom is -0.493 e.